The number of hydrogen-bond donors (Lipinski definition) is 3. The molecule has 0 bridgehead atoms. The Hall–Kier alpha value is -1.26. The Balaban J connectivity index is 2.10. The third-order valence-corrected chi connectivity index (χ3v) is 3.71. The molecule has 0 aromatic heterocycles. The summed E-state index contributed by atoms with van der Waals surface area (Å²) in [7, 11) is 0. The van der Waals surface area contributed by atoms with Gasteiger partial charge in [-0.15, -0.1) is 0 Å². The molecule has 1 fully saturated rings. The highest BCUT2D eigenvalue weighted by atomic mass is 16.3. The average molecular weight is 220 g/mol. The number of hydrogen-bond acceptors (Lipinski definition) is 4. The van der Waals surface area contributed by atoms with Crippen LogP contribution in [0, 0.1) is 0 Å². The largest absolute Gasteiger partial charge is 0.507 e. The number of benzene rings is 1. The quantitative estimate of drug-likeness (QED) is 0.570. The number of nitrogens with zero attached hydrogens (tertiary/aromatic N) is 1. The van der Waals surface area contributed by atoms with Crippen molar-refractivity contribution in [3.05, 3.63) is 23.3 Å². The van der Waals surface area contributed by atoms with Crippen LogP contribution in [0.15, 0.2) is 12.1 Å². The Labute approximate surface area is 94.3 Å². The zero-order valence-corrected chi connectivity index (χ0v) is 9.06. The van der Waals surface area contributed by atoms with Crippen molar-refractivity contribution in [1.29, 1.82) is 0 Å². The van der Waals surface area contributed by atoms with Gasteiger partial charge in [0.05, 0.1) is 6.10 Å². The van der Waals surface area contributed by atoms with Crippen LogP contribution in [0.1, 0.15) is 30.1 Å². The molecular formula is C12H16N2O2. The van der Waals surface area contributed by atoms with Crippen LogP contribution in [-0.4, -0.2) is 27.7 Å². The van der Waals surface area contributed by atoms with Gasteiger partial charge >= 0.3 is 0 Å². The molecule has 0 spiro atoms. The monoisotopic (exact) mass is 220 g/mol. The lowest BCUT2D eigenvalue weighted by atomic mass is 9.90. The van der Waals surface area contributed by atoms with Crippen LogP contribution in [-0.2, 0) is 6.54 Å². The minimum atomic E-state index is -0.577. The van der Waals surface area contributed by atoms with Crippen molar-refractivity contribution < 1.29 is 10.2 Å². The molecule has 0 amide bonds. The van der Waals surface area contributed by atoms with Gasteiger partial charge in [0.2, 0.25) is 0 Å². The smallest absolute Gasteiger partial charge is 0.123 e. The molecule has 1 unspecified atom stereocenters. The minimum absolute atomic E-state index is 0.133. The maximum atomic E-state index is 10.3. The second-order valence-electron chi connectivity index (χ2n) is 4.74. The summed E-state index contributed by atoms with van der Waals surface area (Å²) in [4.78, 5) is 2.27. The first-order valence-electron chi connectivity index (χ1n) is 5.70. The summed E-state index contributed by atoms with van der Waals surface area (Å²) in [5.41, 5.74) is 7.90. The van der Waals surface area contributed by atoms with Gasteiger partial charge in [-0.05, 0) is 31.0 Å². The Morgan fingerprint density at radius 1 is 1.38 bits per heavy atom. The van der Waals surface area contributed by atoms with Gasteiger partial charge in [-0.1, -0.05) is 0 Å². The van der Waals surface area contributed by atoms with E-state index in [9.17, 15) is 10.2 Å². The van der Waals surface area contributed by atoms with Crippen LogP contribution in [0.3, 0.4) is 0 Å². The van der Waals surface area contributed by atoms with E-state index in [1.807, 2.05) is 6.07 Å². The molecule has 86 valence electrons. The second-order valence-corrected chi connectivity index (χ2v) is 4.74. The molecular weight excluding hydrogens is 204 g/mol. The summed E-state index contributed by atoms with van der Waals surface area (Å²) in [6, 6.07) is 3.54. The van der Waals surface area contributed by atoms with Gasteiger partial charge in [-0.2, -0.15) is 0 Å². The highest BCUT2D eigenvalue weighted by Crippen LogP contribution is 2.42. The van der Waals surface area contributed by atoms with E-state index >= 15 is 0 Å². The third kappa shape index (κ3) is 1.30. The maximum Gasteiger partial charge on any atom is 0.123 e. The van der Waals surface area contributed by atoms with E-state index in [-0.39, 0.29) is 11.8 Å². The van der Waals surface area contributed by atoms with Crippen LogP contribution in [0.4, 0.5) is 5.69 Å². The molecule has 4 N–H and O–H groups in total. The zero-order chi connectivity index (χ0) is 11.3. The van der Waals surface area contributed by atoms with Gasteiger partial charge in [0.25, 0.3) is 0 Å². The van der Waals surface area contributed by atoms with Crippen LogP contribution in [0.2, 0.25) is 0 Å². The molecule has 0 saturated carbocycles. The second kappa shape index (κ2) is 3.37. The fraction of sp³-hybridized carbons (Fsp3) is 0.500. The molecule has 1 saturated heterocycles. The third-order valence-electron chi connectivity index (χ3n) is 3.71. The van der Waals surface area contributed by atoms with E-state index in [4.69, 9.17) is 5.73 Å². The van der Waals surface area contributed by atoms with Gasteiger partial charge in [0, 0.05) is 29.9 Å². The van der Waals surface area contributed by atoms with Gasteiger partial charge in [-0.3, -0.25) is 4.90 Å². The van der Waals surface area contributed by atoms with Crippen molar-refractivity contribution in [3.63, 3.8) is 0 Å². The Morgan fingerprint density at radius 2 is 2.19 bits per heavy atom. The van der Waals surface area contributed by atoms with Crippen LogP contribution in [0.25, 0.3) is 0 Å². The number of nitrogen functional groups attached to an aromatic ring is 1. The molecule has 3 rings (SSSR count). The molecule has 2 atom stereocenters. The summed E-state index contributed by atoms with van der Waals surface area (Å²) in [5, 5.41) is 20.1. The number of aromatic hydroxyl groups is 1. The van der Waals surface area contributed by atoms with Crippen molar-refractivity contribution in [2.24, 2.45) is 0 Å². The standard InChI is InChI=1S/C12H16N2O2/c13-8-4-7-6-14-3-1-2-9(14)12(16)11(7)10(15)5-8/h4-5,9,12,15-16H,1-3,6,13H2/t9-,12?/m0/s1. The predicted octanol–water partition coefficient (Wildman–Crippen LogP) is 0.986. The van der Waals surface area contributed by atoms with Crippen LogP contribution in [0.5, 0.6) is 5.75 Å². The molecule has 2 heterocycles. The number of aliphatic hydroxyl groups is 1. The van der Waals surface area contributed by atoms with Gasteiger partial charge in [0.15, 0.2) is 0 Å². The van der Waals surface area contributed by atoms with Crippen molar-refractivity contribution in [3.8, 4) is 5.75 Å². The summed E-state index contributed by atoms with van der Waals surface area (Å²) in [6.07, 6.45) is 1.54. The summed E-state index contributed by atoms with van der Waals surface area (Å²) in [6.45, 7) is 1.81. The van der Waals surface area contributed by atoms with Crippen LogP contribution < -0.4 is 5.73 Å². The molecule has 4 nitrogen and oxygen atoms in total. The molecule has 16 heavy (non-hydrogen) atoms. The summed E-state index contributed by atoms with van der Waals surface area (Å²) >= 11 is 0. The van der Waals surface area contributed by atoms with Crippen molar-refractivity contribution in [2.45, 2.75) is 31.5 Å². The van der Waals surface area contributed by atoms with Crippen molar-refractivity contribution in [2.75, 3.05) is 12.3 Å². The first-order valence-corrected chi connectivity index (χ1v) is 5.70. The first-order chi connectivity index (χ1) is 7.66. The van der Waals surface area contributed by atoms with Crippen molar-refractivity contribution >= 4 is 5.69 Å². The molecule has 4 heteroatoms. The molecule has 2 aliphatic heterocycles. The van der Waals surface area contributed by atoms with E-state index < -0.39 is 6.10 Å². The van der Waals surface area contributed by atoms with E-state index in [1.54, 1.807) is 0 Å². The van der Waals surface area contributed by atoms with Gasteiger partial charge in [-0.25, -0.2) is 0 Å². The first kappa shape index (κ1) is 9.93. The SMILES string of the molecule is Nc1cc(O)c2c(c1)CN1CCC[C@H]1C2O. The lowest BCUT2D eigenvalue weighted by molar-refractivity contribution is 0.0513. The minimum Gasteiger partial charge on any atom is -0.507 e. The average Bonchev–Trinajstić information content (AvgIpc) is 2.64. The fourth-order valence-corrected chi connectivity index (χ4v) is 3.01. The normalized spacial score (nSPS) is 28.8. The summed E-state index contributed by atoms with van der Waals surface area (Å²) < 4.78 is 0. The van der Waals surface area contributed by atoms with Crippen molar-refractivity contribution in [1.82, 2.24) is 4.90 Å². The number of phenolic OH excluding ortho intramolecular Hbond substituents is 1. The number of rotatable bonds is 0. The number of fused-ring (bicyclic) bond motifs is 2. The molecule has 0 radical (unpaired) electrons. The Kier molecular flexibility index (Phi) is 2.09. The lowest BCUT2D eigenvalue weighted by Gasteiger charge is -2.35. The highest BCUT2D eigenvalue weighted by molar-refractivity contribution is 5.54. The maximum absolute atomic E-state index is 10.3. The fourth-order valence-electron chi connectivity index (χ4n) is 3.01. The number of aliphatic hydroxyl groups excluding tert-OH is 1. The molecule has 0 aliphatic carbocycles. The summed E-state index contributed by atoms with van der Waals surface area (Å²) in [5.74, 6) is 0.133. The lowest BCUT2D eigenvalue weighted by Crippen LogP contribution is -2.38. The number of anilines is 1. The van der Waals surface area contributed by atoms with E-state index in [1.165, 1.54) is 6.07 Å². The van der Waals surface area contributed by atoms with E-state index in [2.05, 4.69) is 4.90 Å². The zero-order valence-electron chi connectivity index (χ0n) is 9.06. The van der Waals surface area contributed by atoms with Gasteiger partial charge < -0.3 is 15.9 Å². The molecule has 1 aromatic rings. The van der Waals surface area contributed by atoms with Gasteiger partial charge in [0.1, 0.15) is 5.75 Å². The predicted molar refractivity (Wildman–Crippen MR) is 60.9 cm³/mol. The van der Waals surface area contributed by atoms with Crippen LogP contribution >= 0.6 is 0 Å². The van der Waals surface area contributed by atoms with E-state index in [0.29, 0.717) is 11.3 Å². The molecule has 1 aromatic carbocycles. The Morgan fingerprint density at radius 3 is 3.00 bits per heavy atom. The topological polar surface area (TPSA) is 69.7 Å². The Bertz CT molecular complexity index is 433. The highest BCUT2D eigenvalue weighted by Gasteiger charge is 2.38. The van der Waals surface area contributed by atoms with E-state index in [0.717, 1.165) is 31.5 Å². The molecule has 2 aliphatic rings. The number of phenols is 1. The number of nitrogens with two attached hydrogens (primary N) is 1.